The molecule has 2 aromatic heterocycles. The van der Waals surface area contributed by atoms with E-state index in [0.717, 1.165) is 58.2 Å². The normalized spacial score (nSPS) is 16.5. The van der Waals surface area contributed by atoms with Crippen LogP contribution in [-0.4, -0.2) is 62.3 Å². The third-order valence-corrected chi connectivity index (χ3v) is 4.30. The van der Waals surface area contributed by atoms with Gasteiger partial charge in [0.25, 0.3) is 0 Å². The van der Waals surface area contributed by atoms with Crippen molar-refractivity contribution in [2.75, 3.05) is 57.3 Å². The van der Waals surface area contributed by atoms with Crippen molar-refractivity contribution in [2.24, 2.45) is 0 Å². The predicted octanol–water partition coefficient (Wildman–Crippen LogP) is 1.51. The highest BCUT2D eigenvalue weighted by molar-refractivity contribution is 5.46. The quantitative estimate of drug-likeness (QED) is 0.658. The lowest BCUT2D eigenvalue weighted by atomic mass is 10.2. The Morgan fingerprint density at radius 2 is 1.30 bits per heavy atom. The van der Waals surface area contributed by atoms with Gasteiger partial charge in [-0.05, 0) is 31.5 Å². The molecular formula is C20H31FN6. The third-order valence-electron chi connectivity index (χ3n) is 4.30. The molecule has 0 aromatic carbocycles. The van der Waals surface area contributed by atoms with Gasteiger partial charge in [0.1, 0.15) is 5.82 Å². The standard InChI is InChI=1S/C10H15N3.C6H6FN.C4H10N2/c1-9-3-2-4-12-10(9)13-7-5-11-6-8-13;1-5-3-2-4-8-6(5)7;1-2-6-4-3-5-1/h2-4,11H,5-8H2,1H3;2-4H,1H3;5-6H,1-4H2. The fraction of sp³-hybridized carbons (Fsp3) is 0.500. The van der Waals surface area contributed by atoms with Crippen LogP contribution in [0, 0.1) is 19.8 Å². The zero-order chi connectivity index (χ0) is 19.3. The van der Waals surface area contributed by atoms with Crippen LogP contribution in [0.25, 0.3) is 0 Å². The fourth-order valence-corrected chi connectivity index (χ4v) is 2.76. The number of piperazine rings is 2. The number of aromatic nitrogens is 2. The molecule has 0 bridgehead atoms. The summed E-state index contributed by atoms with van der Waals surface area (Å²) >= 11 is 0. The average molecular weight is 375 g/mol. The first-order chi connectivity index (χ1) is 13.2. The largest absolute Gasteiger partial charge is 0.354 e. The van der Waals surface area contributed by atoms with Gasteiger partial charge in [0.2, 0.25) is 5.95 Å². The predicted molar refractivity (Wildman–Crippen MR) is 109 cm³/mol. The Bertz CT molecular complexity index is 624. The number of rotatable bonds is 1. The lowest BCUT2D eigenvalue weighted by Crippen LogP contribution is -2.44. The molecule has 0 saturated carbocycles. The molecule has 0 spiro atoms. The molecule has 7 heteroatoms. The van der Waals surface area contributed by atoms with Crippen molar-refractivity contribution >= 4 is 5.82 Å². The maximum Gasteiger partial charge on any atom is 0.215 e. The van der Waals surface area contributed by atoms with Crippen LogP contribution >= 0.6 is 0 Å². The van der Waals surface area contributed by atoms with Crippen LogP contribution in [0.5, 0.6) is 0 Å². The minimum atomic E-state index is -0.382. The molecule has 0 unspecified atom stereocenters. The SMILES string of the molecule is C1CNCCN1.Cc1cccnc1F.Cc1cccnc1N1CCNCC1. The Kier molecular flexibility index (Phi) is 9.68. The number of pyridine rings is 2. The van der Waals surface area contributed by atoms with Crippen LogP contribution in [0.4, 0.5) is 10.2 Å². The topological polar surface area (TPSA) is 65.1 Å². The van der Waals surface area contributed by atoms with Gasteiger partial charge in [-0.25, -0.2) is 9.97 Å². The first kappa shape index (κ1) is 21.2. The highest BCUT2D eigenvalue weighted by Gasteiger charge is 2.12. The van der Waals surface area contributed by atoms with E-state index < -0.39 is 0 Å². The number of hydrogen-bond donors (Lipinski definition) is 3. The zero-order valence-electron chi connectivity index (χ0n) is 16.3. The van der Waals surface area contributed by atoms with Crippen molar-refractivity contribution in [1.82, 2.24) is 25.9 Å². The zero-order valence-corrected chi connectivity index (χ0v) is 16.3. The number of aryl methyl sites for hydroxylation is 2. The summed E-state index contributed by atoms with van der Waals surface area (Å²) < 4.78 is 12.2. The van der Waals surface area contributed by atoms with Gasteiger partial charge in [-0.2, -0.15) is 4.39 Å². The van der Waals surface area contributed by atoms with Gasteiger partial charge in [-0.1, -0.05) is 12.1 Å². The van der Waals surface area contributed by atoms with Gasteiger partial charge in [-0.3, -0.25) is 0 Å². The van der Waals surface area contributed by atoms with E-state index >= 15 is 0 Å². The van der Waals surface area contributed by atoms with Crippen molar-refractivity contribution in [2.45, 2.75) is 13.8 Å². The van der Waals surface area contributed by atoms with E-state index in [1.807, 2.05) is 12.3 Å². The number of nitrogens with one attached hydrogen (secondary N) is 3. The van der Waals surface area contributed by atoms with Gasteiger partial charge in [-0.15, -0.1) is 0 Å². The van der Waals surface area contributed by atoms with Crippen molar-refractivity contribution in [3.05, 3.63) is 53.7 Å². The maximum absolute atomic E-state index is 12.2. The maximum atomic E-state index is 12.2. The molecule has 2 aliphatic heterocycles. The second-order valence-corrected chi connectivity index (χ2v) is 6.49. The van der Waals surface area contributed by atoms with Gasteiger partial charge in [0.15, 0.2) is 0 Å². The molecule has 3 N–H and O–H groups in total. The van der Waals surface area contributed by atoms with E-state index in [0.29, 0.717) is 5.56 Å². The second-order valence-electron chi connectivity index (χ2n) is 6.49. The van der Waals surface area contributed by atoms with Crippen molar-refractivity contribution in [1.29, 1.82) is 0 Å². The molecule has 0 atom stereocenters. The molecule has 27 heavy (non-hydrogen) atoms. The highest BCUT2D eigenvalue weighted by atomic mass is 19.1. The van der Waals surface area contributed by atoms with Gasteiger partial charge >= 0.3 is 0 Å². The van der Waals surface area contributed by atoms with Crippen LogP contribution in [-0.2, 0) is 0 Å². The van der Waals surface area contributed by atoms with E-state index in [2.05, 4.69) is 43.8 Å². The number of halogens is 1. The first-order valence-corrected chi connectivity index (χ1v) is 9.54. The third kappa shape index (κ3) is 7.99. The van der Waals surface area contributed by atoms with Crippen molar-refractivity contribution < 1.29 is 4.39 Å². The summed E-state index contributed by atoms with van der Waals surface area (Å²) in [6.07, 6.45) is 3.30. The fourth-order valence-electron chi connectivity index (χ4n) is 2.76. The van der Waals surface area contributed by atoms with Crippen LogP contribution in [0.15, 0.2) is 36.7 Å². The van der Waals surface area contributed by atoms with Gasteiger partial charge < -0.3 is 20.9 Å². The summed E-state index contributed by atoms with van der Waals surface area (Å²) in [5, 5.41) is 9.78. The molecular weight excluding hydrogens is 343 g/mol. The molecule has 2 aromatic rings. The monoisotopic (exact) mass is 374 g/mol. The molecule has 2 saturated heterocycles. The van der Waals surface area contributed by atoms with E-state index in [1.165, 1.54) is 11.8 Å². The van der Waals surface area contributed by atoms with E-state index in [-0.39, 0.29) is 5.95 Å². The van der Waals surface area contributed by atoms with Gasteiger partial charge in [0, 0.05) is 70.3 Å². The van der Waals surface area contributed by atoms with E-state index in [4.69, 9.17) is 0 Å². The molecule has 2 aliphatic rings. The molecule has 0 aliphatic carbocycles. The van der Waals surface area contributed by atoms with Crippen LogP contribution in [0.3, 0.4) is 0 Å². The Labute approximate surface area is 161 Å². The molecule has 148 valence electrons. The number of hydrogen-bond acceptors (Lipinski definition) is 6. The minimum Gasteiger partial charge on any atom is -0.354 e. The van der Waals surface area contributed by atoms with Crippen molar-refractivity contribution in [3.8, 4) is 0 Å². The molecule has 4 heterocycles. The van der Waals surface area contributed by atoms with Crippen LogP contribution in [0.2, 0.25) is 0 Å². The summed E-state index contributed by atoms with van der Waals surface area (Å²) in [7, 11) is 0. The summed E-state index contributed by atoms with van der Waals surface area (Å²) in [6.45, 7) is 12.6. The lowest BCUT2D eigenvalue weighted by Gasteiger charge is -2.29. The molecule has 0 amide bonds. The lowest BCUT2D eigenvalue weighted by molar-refractivity contribution is 0.534. The molecule has 2 fully saturated rings. The summed E-state index contributed by atoms with van der Waals surface area (Å²) in [6, 6.07) is 7.49. The Balaban J connectivity index is 0.000000159. The van der Waals surface area contributed by atoms with Gasteiger partial charge in [0.05, 0.1) is 0 Å². The van der Waals surface area contributed by atoms with Crippen LogP contribution in [0.1, 0.15) is 11.1 Å². The summed E-state index contributed by atoms with van der Waals surface area (Å²) in [4.78, 5) is 10.2. The average Bonchev–Trinajstić information content (AvgIpc) is 2.73. The minimum absolute atomic E-state index is 0.382. The van der Waals surface area contributed by atoms with E-state index in [9.17, 15) is 4.39 Å². The Morgan fingerprint density at radius 1 is 0.778 bits per heavy atom. The smallest absolute Gasteiger partial charge is 0.215 e. The molecule has 4 rings (SSSR count). The number of nitrogens with zero attached hydrogens (tertiary/aromatic N) is 3. The highest BCUT2D eigenvalue weighted by Crippen LogP contribution is 2.15. The molecule has 0 radical (unpaired) electrons. The van der Waals surface area contributed by atoms with Crippen molar-refractivity contribution in [3.63, 3.8) is 0 Å². The van der Waals surface area contributed by atoms with E-state index in [1.54, 1.807) is 19.1 Å². The number of anilines is 1. The Morgan fingerprint density at radius 3 is 1.74 bits per heavy atom. The Hall–Kier alpha value is -2.09. The van der Waals surface area contributed by atoms with Crippen LogP contribution < -0.4 is 20.9 Å². The first-order valence-electron chi connectivity index (χ1n) is 9.54. The summed E-state index contributed by atoms with van der Waals surface area (Å²) in [5.41, 5.74) is 1.86. The summed E-state index contributed by atoms with van der Waals surface area (Å²) in [5.74, 6) is 0.761. The molecule has 6 nitrogen and oxygen atoms in total. The second kappa shape index (κ2) is 12.3.